The number of hydrogen-bond donors (Lipinski definition) is 3. The highest BCUT2D eigenvalue weighted by Gasteiger charge is 2.20. The second kappa shape index (κ2) is 81.8. The molecule has 0 aromatic rings. The van der Waals surface area contributed by atoms with Gasteiger partial charge >= 0.3 is 5.97 Å². The third-order valence-electron chi connectivity index (χ3n) is 20.2. The molecule has 0 rings (SSSR count). The average molecular weight is 1300 g/mol. The van der Waals surface area contributed by atoms with Gasteiger partial charge in [-0.3, -0.25) is 9.59 Å². The largest absolute Gasteiger partial charge is 0.466 e. The van der Waals surface area contributed by atoms with Crippen LogP contribution in [0.15, 0.2) is 24.3 Å². The van der Waals surface area contributed by atoms with Crippen molar-refractivity contribution in [3.63, 3.8) is 0 Å². The molecule has 1 amide bonds. The Hall–Kier alpha value is -1.66. The number of amides is 1. The van der Waals surface area contributed by atoms with Crippen LogP contribution in [0.25, 0.3) is 0 Å². The first-order valence-corrected chi connectivity index (χ1v) is 42.6. The monoisotopic (exact) mass is 1290 g/mol. The molecule has 0 heterocycles. The van der Waals surface area contributed by atoms with Gasteiger partial charge in [0.15, 0.2) is 0 Å². The predicted octanol–water partition coefficient (Wildman–Crippen LogP) is 28.4. The summed E-state index contributed by atoms with van der Waals surface area (Å²) in [7, 11) is 0. The number of allylic oxidation sites excluding steroid dienone is 4. The van der Waals surface area contributed by atoms with Crippen LogP contribution in [0.1, 0.15) is 489 Å². The van der Waals surface area contributed by atoms with Crippen LogP contribution in [0.3, 0.4) is 0 Å². The Balaban J connectivity index is 3.32. The van der Waals surface area contributed by atoms with Crippen LogP contribution < -0.4 is 5.32 Å². The molecule has 0 saturated heterocycles. The first kappa shape index (κ1) is 90.3. The third-order valence-corrected chi connectivity index (χ3v) is 20.2. The van der Waals surface area contributed by atoms with E-state index in [1.807, 2.05) is 0 Å². The molecule has 0 fully saturated rings. The second-order valence-corrected chi connectivity index (χ2v) is 29.5. The molecule has 6 nitrogen and oxygen atoms in total. The molecule has 3 N–H and O–H groups in total. The molecule has 0 aromatic carbocycles. The van der Waals surface area contributed by atoms with Gasteiger partial charge in [-0.1, -0.05) is 423 Å². The van der Waals surface area contributed by atoms with E-state index in [0.29, 0.717) is 25.9 Å². The number of aliphatic hydroxyl groups is 2. The van der Waals surface area contributed by atoms with Crippen molar-refractivity contribution in [1.82, 2.24) is 5.32 Å². The second-order valence-electron chi connectivity index (χ2n) is 29.5. The van der Waals surface area contributed by atoms with Crippen molar-refractivity contribution in [2.75, 3.05) is 13.2 Å². The van der Waals surface area contributed by atoms with E-state index < -0.39 is 12.1 Å². The lowest BCUT2D eigenvalue weighted by atomic mass is 10.0. The zero-order valence-corrected chi connectivity index (χ0v) is 62.8. The summed E-state index contributed by atoms with van der Waals surface area (Å²) in [4.78, 5) is 24.7. The Kier molecular flexibility index (Phi) is 80.3. The quantitative estimate of drug-likeness (QED) is 0.0320. The van der Waals surface area contributed by atoms with Crippen LogP contribution in [0.5, 0.6) is 0 Å². The van der Waals surface area contributed by atoms with Crippen LogP contribution in [0.2, 0.25) is 0 Å². The van der Waals surface area contributed by atoms with Crippen molar-refractivity contribution in [2.24, 2.45) is 0 Å². The predicted molar refractivity (Wildman–Crippen MR) is 407 cm³/mol. The lowest BCUT2D eigenvalue weighted by molar-refractivity contribution is -0.143. The molecular formula is C86H167NO5. The maximum absolute atomic E-state index is 12.6. The van der Waals surface area contributed by atoms with E-state index in [1.54, 1.807) is 0 Å². The number of rotatable bonds is 81. The summed E-state index contributed by atoms with van der Waals surface area (Å²) in [6.45, 7) is 5.01. The Morgan fingerprint density at radius 1 is 0.293 bits per heavy atom. The molecule has 2 atom stereocenters. The van der Waals surface area contributed by atoms with Gasteiger partial charge in [-0.25, -0.2) is 0 Å². The van der Waals surface area contributed by atoms with Gasteiger partial charge in [-0.15, -0.1) is 0 Å². The molecule has 0 aliphatic carbocycles. The topological polar surface area (TPSA) is 95.9 Å². The average Bonchev–Trinajstić information content (AvgIpc) is 3.57. The van der Waals surface area contributed by atoms with Crippen molar-refractivity contribution >= 4 is 11.9 Å². The third kappa shape index (κ3) is 77.3. The van der Waals surface area contributed by atoms with Crippen molar-refractivity contribution in [1.29, 1.82) is 0 Å². The van der Waals surface area contributed by atoms with Crippen LogP contribution in [0, 0.1) is 0 Å². The van der Waals surface area contributed by atoms with Gasteiger partial charge in [0.1, 0.15) is 0 Å². The first-order chi connectivity index (χ1) is 45.5. The standard InChI is InChI=1S/C86H167NO5/c1-3-5-7-9-11-13-15-17-19-21-22-44-47-50-54-58-62-66-70-74-78-84(89)83(82-88)87-85(90)79-75-71-67-63-59-55-51-48-45-42-40-38-36-34-32-30-28-26-24-23-25-27-29-31-33-35-37-39-41-43-46-49-53-57-61-65-69-73-77-81-92-86(91)80-76-72-68-64-60-56-52-20-18-16-14-12-10-8-6-4-2/h20,23-24,52,83-84,88-89H,3-19,21-22,25-51,53-82H2,1-2H3,(H,87,90)/b24-23-,52-20-. The number of esters is 1. The first-order valence-electron chi connectivity index (χ1n) is 42.6. The Labute approximate surface area is 577 Å². The van der Waals surface area contributed by atoms with E-state index >= 15 is 0 Å². The van der Waals surface area contributed by atoms with Gasteiger partial charge in [0.2, 0.25) is 5.91 Å². The van der Waals surface area contributed by atoms with Crippen LogP contribution in [-0.2, 0) is 14.3 Å². The number of unbranched alkanes of at least 4 members (excludes halogenated alkanes) is 66. The molecule has 0 saturated carbocycles. The highest BCUT2D eigenvalue weighted by molar-refractivity contribution is 5.76. The van der Waals surface area contributed by atoms with E-state index in [9.17, 15) is 19.8 Å². The summed E-state index contributed by atoms with van der Waals surface area (Å²) in [5.74, 6) is -0.00901. The lowest BCUT2D eigenvalue weighted by Crippen LogP contribution is -2.45. The number of ether oxygens (including phenoxy) is 1. The normalized spacial score (nSPS) is 12.5. The molecule has 92 heavy (non-hydrogen) atoms. The molecule has 2 unspecified atom stereocenters. The molecule has 0 aliphatic heterocycles. The van der Waals surface area contributed by atoms with Crippen LogP contribution in [0.4, 0.5) is 0 Å². The molecule has 0 aromatic heterocycles. The van der Waals surface area contributed by atoms with Gasteiger partial charge in [-0.2, -0.15) is 0 Å². The molecule has 546 valence electrons. The number of nitrogens with one attached hydrogen (secondary N) is 1. The molecule has 0 aliphatic rings. The smallest absolute Gasteiger partial charge is 0.305 e. The van der Waals surface area contributed by atoms with E-state index in [4.69, 9.17) is 4.74 Å². The number of carbonyl (C=O) groups is 2. The van der Waals surface area contributed by atoms with Gasteiger partial charge in [0, 0.05) is 12.8 Å². The van der Waals surface area contributed by atoms with Gasteiger partial charge in [-0.05, 0) is 77.0 Å². The van der Waals surface area contributed by atoms with Crippen LogP contribution >= 0.6 is 0 Å². The van der Waals surface area contributed by atoms with Gasteiger partial charge < -0.3 is 20.3 Å². The van der Waals surface area contributed by atoms with Crippen molar-refractivity contribution in [3.8, 4) is 0 Å². The minimum absolute atomic E-state index is 0.0161. The lowest BCUT2D eigenvalue weighted by Gasteiger charge is -2.22. The summed E-state index contributed by atoms with van der Waals surface area (Å²) in [6.07, 6.45) is 106. The maximum atomic E-state index is 12.6. The Morgan fingerprint density at radius 2 is 0.511 bits per heavy atom. The highest BCUT2D eigenvalue weighted by atomic mass is 16.5. The van der Waals surface area contributed by atoms with E-state index in [-0.39, 0.29) is 18.5 Å². The fraction of sp³-hybridized carbons (Fsp3) is 0.930. The summed E-state index contributed by atoms with van der Waals surface area (Å²) < 4.78 is 5.51. The minimum atomic E-state index is -0.662. The van der Waals surface area contributed by atoms with Crippen LogP contribution in [-0.4, -0.2) is 47.4 Å². The maximum Gasteiger partial charge on any atom is 0.305 e. The van der Waals surface area contributed by atoms with Crippen molar-refractivity contribution < 1.29 is 24.5 Å². The molecule has 0 spiro atoms. The highest BCUT2D eigenvalue weighted by Crippen LogP contribution is 2.21. The van der Waals surface area contributed by atoms with Gasteiger partial charge in [0.25, 0.3) is 0 Å². The number of carbonyl (C=O) groups excluding carboxylic acids is 2. The van der Waals surface area contributed by atoms with E-state index in [2.05, 4.69) is 43.5 Å². The van der Waals surface area contributed by atoms with E-state index in [1.165, 1.54) is 411 Å². The number of hydrogen-bond acceptors (Lipinski definition) is 5. The fourth-order valence-corrected chi connectivity index (χ4v) is 13.8. The van der Waals surface area contributed by atoms with Gasteiger partial charge in [0.05, 0.1) is 25.4 Å². The number of aliphatic hydroxyl groups excluding tert-OH is 2. The minimum Gasteiger partial charge on any atom is -0.466 e. The molecular weight excluding hydrogens is 1130 g/mol. The Bertz CT molecular complexity index is 1450. The summed E-state index contributed by atoms with van der Waals surface area (Å²) in [5, 5.41) is 23.5. The molecule has 0 bridgehead atoms. The SMILES string of the molecule is CCCCCCCCC/C=C\CCCCCCCC(=O)OCCCCCCCCCCCCCCCCCCCC/C=C\CCCCCCCCCCCCCCCCCCCC(=O)NC(CO)C(O)CCCCCCCCCCCCCCCCCCCCCC. The summed E-state index contributed by atoms with van der Waals surface area (Å²) >= 11 is 0. The van der Waals surface area contributed by atoms with Crippen molar-refractivity contribution in [3.05, 3.63) is 24.3 Å². The fourth-order valence-electron chi connectivity index (χ4n) is 13.8. The summed E-state index contributed by atoms with van der Waals surface area (Å²) in [5.41, 5.74) is 0. The molecule has 0 radical (unpaired) electrons. The van der Waals surface area contributed by atoms with Crippen molar-refractivity contribution in [2.45, 2.75) is 501 Å². The zero-order chi connectivity index (χ0) is 66.3. The summed E-state index contributed by atoms with van der Waals surface area (Å²) in [6, 6.07) is -0.539. The molecule has 6 heteroatoms. The Morgan fingerprint density at radius 3 is 0.772 bits per heavy atom. The van der Waals surface area contributed by atoms with E-state index in [0.717, 1.165) is 44.9 Å². The zero-order valence-electron chi connectivity index (χ0n) is 62.8.